The van der Waals surface area contributed by atoms with Gasteiger partial charge in [0.15, 0.2) is 15.0 Å². The lowest BCUT2D eigenvalue weighted by Crippen LogP contribution is -2.15. The van der Waals surface area contributed by atoms with Crippen molar-refractivity contribution in [1.82, 2.24) is 9.55 Å². The van der Waals surface area contributed by atoms with Crippen LogP contribution in [0.15, 0.2) is 17.6 Å². The number of carboxylic acids is 1. The Balaban J connectivity index is 2.60. The number of aliphatic carboxylic acids is 1. The highest BCUT2D eigenvalue weighted by molar-refractivity contribution is 7.99. The number of hydrogen-bond donors (Lipinski definition) is 1. The number of imidazole rings is 1. The fraction of sp³-hybridized carbons (Fsp3) is 0.556. The van der Waals surface area contributed by atoms with Gasteiger partial charge in [-0.1, -0.05) is 18.7 Å². The molecule has 0 aromatic carbocycles. The minimum Gasteiger partial charge on any atom is -0.481 e. The maximum absolute atomic E-state index is 11.3. The largest absolute Gasteiger partial charge is 0.481 e. The summed E-state index contributed by atoms with van der Waals surface area (Å²) < 4.78 is 24.3. The van der Waals surface area contributed by atoms with Gasteiger partial charge in [0.1, 0.15) is 0 Å². The summed E-state index contributed by atoms with van der Waals surface area (Å²) in [6, 6.07) is 0. The first-order chi connectivity index (χ1) is 7.94. The van der Waals surface area contributed by atoms with Crippen LogP contribution in [0.2, 0.25) is 0 Å². The summed E-state index contributed by atoms with van der Waals surface area (Å²) in [4.78, 5) is 14.4. The smallest absolute Gasteiger partial charge is 0.313 e. The van der Waals surface area contributed by atoms with Gasteiger partial charge in [-0.2, -0.15) is 0 Å². The van der Waals surface area contributed by atoms with Crippen molar-refractivity contribution < 1.29 is 18.3 Å². The Bertz CT molecular complexity index is 481. The molecule has 0 amide bonds. The first-order valence-corrected chi connectivity index (χ1v) is 7.81. The average Bonchev–Trinajstić information content (AvgIpc) is 2.71. The Labute approximate surface area is 104 Å². The number of aromatic nitrogens is 2. The molecule has 0 saturated carbocycles. The van der Waals surface area contributed by atoms with E-state index in [-0.39, 0.29) is 17.3 Å². The van der Waals surface area contributed by atoms with E-state index in [1.54, 1.807) is 17.7 Å². The highest BCUT2D eigenvalue weighted by Crippen LogP contribution is 2.15. The van der Waals surface area contributed by atoms with Crippen LogP contribution >= 0.6 is 11.8 Å². The second-order valence-corrected chi connectivity index (χ2v) is 6.74. The molecule has 0 bridgehead atoms. The molecule has 1 aromatic rings. The third-order valence-electron chi connectivity index (χ3n) is 2.09. The summed E-state index contributed by atoms with van der Waals surface area (Å²) in [6.07, 6.45) is 3.18. The SMILES string of the molecule is CCS(=O)(=O)CCn1ccnc1SCC(=O)O. The van der Waals surface area contributed by atoms with Gasteiger partial charge in [-0.25, -0.2) is 13.4 Å². The van der Waals surface area contributed by atoms with Crippen LogP contribution in [0.25, 0.3) is 0 Å². The molecule has 0 aliphatic carbocycles. The number of aryl methyl sites for hydroxylation is 1. The van der Waals surface area contributed by atoms with Gasteiger partial charge in [-0.05, 0) is 0 Å². The van der Waals surface area contributed by atoms with Crippen LogP contribution in [-0.2, 0) is 21.2 Å². The topological polar surface area (TPSA) is 89.3 Å². The third kappa shape index (κ3) is 4.78. The summed E-state index contributed by atoms with van der Waals surface area (Å²) in [7, 11) is -3.02. The lowest BCUT2D eigenvalue weighted by Gasteiger charge is -2.06. The number of sulfone groups is 1. The van der Waals surface area contributed by atoms with Gasteiger partial charge in [-0.3, -0.25) is 4.79 Å². The first-order valence-electron chi connectivity index (χ1n) is 5.01. The Kier molecular flexibility index (Phi) is 5.01. The van der Waals surface area contributed by atoms with E-state index in [2.05, 4.69) is 4.98 Å². The van der Waals surface area contributed by atoms with Crippen molar-refractivity contribution in [3.63, 3.8) is 0 Å². The lowest BCUT2D eigenvalue weighted by molar-refractivity contribution is -0.133. The molecule has 0 aliphatic heterocycles. The molecule has 96 valence electrons. The van der Waals surface area contributed by atoms with Gasteiger partial charge in [0.05, 0.1) is 11.5 Å². The molecule has 0 atom stereocenters. The van der Waals surface area contributed by atoms with Crippen LogP contribution in [0.3, 0.4) is 0 Å². The summed E-state index contributed by atoms with van der Waals surface area (Å²) in [5.74, 6) is -0.858. The summed E-state index contributed by atoms with van der Waals surface area (Å²) in [5.41, 5.74) is 0. The van der Waals surface area contributed by atoms with Gasteiger partial charge >= 0.3 is 5.97 Å². The highest BCUT2D eigenvalue weighted by Gasteiger charge is 2.11. The van der Waals surface area contributed by atoms with Gasteiger partial charge in [-0.15, -0.1) is 0 Å². The Morgan fingerprint density at radius 1 is 1.59 bits per heavy atom. The summed E-state index contributed by atoms with van der Waals surface area (Å²) >= 11 is 1.08. The van der Waals surface area contributed by atoms with Crippen LogP contribution < -0.4 is 0 Å². The lowest BCUT2D eigenvalue weighted by atomic mass is 10.7. The maximum Gasteiger partial charge on any atom is 0.313 e. The molecule has 17 heavy (non-hydrogen) atoms. The molecule has 0 fully saturated rings. The van der Waals surface area contributed by atoms with Crippen LogP contribution in [-0.4, -0.2) is 46.3 Å². The number of nitrogens with zero attached hydrogens (tertiary/aromatic N) is 2. The highest BCUT2D eigenvalue weighted by atomic mass is 32.2. The molecule has 0 aliphatic rings. The Morgan fingerprint density at radius 2 is 2.29 bits per heavy atom. The van der Waals surface area contributed by atoms with E-state index in [1.807, 2.05) is 0 Å². The van der Waals surface area contributed by atoms with E-state index in [0.29, 0.717) is 11.7 Å². The van der Waals surface area contributed by atoms with Crippen LogP contribution in [0, 0.1) is 0 Å². The minimum atomic E-state index is -3.02. The fourth-order valence-corrected chi connectivity index (χ4v) is 2.58. The quantitative estimate of drug-likeness (QED) is 0.730. The second kappa shape index (κ2) is 6.06. The molecule has 1 aromatic heterocycles. The van der Waals surface area contributed by atoms with Crippen molar-refractivity contribution in [3.05, 3.63) is 12.4 Å². The van der Waals surface area contributed by atoms with Crippen molar-refractivity contribution in [2.45, 2.75) is 18.6 Å². The molecule has 1 N–H and O–H groups in total. The fourth-order valence-electron chi connectivity index (χ4n) is 1.11. The number of hydrogen-bond acceptors (Lipinski definition) is 5. The predicted molar refractivity (Wildman–Crippen MR) is 64.9 cm³/mol. The van der Waals surface area contributed by atoms with Crippen molar-refractivity contribution in [3.8, 4) is 0 Å². The molecule has 8 heteroatoms. The molecule has 0 radical (unpaired) electrons. The van der Waals surface area contributed by atoms with Gasteiger partial charge < -0.3 is 9.67 Å². The van der Waals surface area contributed by atoms with E-state index < -0.39 is 15.8 Å². The maximum atomic E-state index is 11.3. The molecule has 1 rings (SSSR count). The summed E-state index contributed by atoms with van der Waals surface area (Å²) in [6.45, 7) is 1.90. The van der Waals surface area contributed by atoms with Crippen LogP contribution in [0.5, 0.6) is 0 Å². The molecule has 6 nitrogen and oxygen atoms in total. The zero-order valence-electron chi connectivity index (χ0n) is 9.37. The average molecular weight is 278 g/mol. The monoisotopic (exact) mass is 278 g/mol. The first kappa shape index (κ1) is 14.0. The van der Waals surface area contributed by atoms with Crippen LogP contribution in [0.1, 0.15) is 6.92 Å². The predicted octanol–water partition coefficient (Wildman–Crippen LogP) is 0.495. The van der Waals surface area contributed by atoms with Gasteiger partial charge in [0, 0.05) is 24.7 Å². The van der Waals surface area contributed by atoms with Crippen molar-refractivity contribution >= 4 is 27.6 Å². The molecule has 0 saturated heterocycles. The van der Waals surface area contributed by atoms with E-state index >= 15 is 0 Å². The Hall–Kier alpha value is -1.02. The zero-order chi connectivity index (χ0) is 12.9. The molecule has 0 spiro atoms. The number of carbonyl (C=O) groups is 1. The summed E-state index contributed by atoms with van der Waals surface area (Å²) in [5, 5.41) is 9.07. The van der Waals surface area contributed by atoms with Crippen molar-refractivity contribution in [2.75, 3.05) is 17.3 Å². The molecule has 0 unspecified atom stereocenters. The normalized spacial score (nSPS) is 11.6. The molecule has 1 heterocycles. The van der Waals surface area contributed by atoms with E-state index in [9.17, 15) is 13.2 Å². The molecular weight excluding hydrogens is 264 g/mol. The van der Waals surface area contributed by atoms with Crippen LogP contribution in [0.4, 0.5) is 0 Å². The van der Waals surface area contributed by atoms with Crippen molar-refractivity contribution in [1.29, 1.82) is 0 Å². The zero-order valence-corrected chi connectivity index (χ0v) is 11.0. The van der Waals surface area contributed by atoms with E-state index in [1.165, 1.54) is 6.20 Å². The van der Waals surface area contributed by atoms with Gasteiger partial charge in [0.2, 0.25) is 0 Å². The second-order valence-electron chi connectivity index (χ2n) is 3.32. The standard InChI is InChI=1S/C9H14N2O4S2/c1-2-17(14,15)6-5-11-4-3-10-9(11)16-7-8(12)13/h3-4H,2,5-7H2,1H3,(H,12,13). The van der Waals surface area contributed by atoms with E-state index in [0.717, 1.165) is 11.8 Å². The third-order valence-corrected chi connectivity index (χ3v) is 4.76. The van der Waals surface area contributed by atoms with Gasteiger partial charge in [0.25, 0.3) is 0 Å². The number of rotatable bonds is 7. The van der Waals surface area contributed by atoms with Crippen molar-refractivity contribution in [2.24, 2.45) is 0 Å². The van der Waals surface area contributed by atoms with E-state index in [4.69, 9.17) is 5.11 Å². The minimum absolute atomic E-state index is 0.0422. The number of thioether (sulfide) groups is 1. The Morgan fingerprint density at radius 3 is 2.88 bits per heavy atom. The number of carboxylic acid groups (broad SMARTS) is 1. The molecular formula is C9H14N2O4S2.